The van der Waals surface area contributed by atoms with Crippen molar-refractivity contribution in [2.75, 3.05) is 5.32 Å². The highest BCUT2D eigenvalue weighted by molar-refractivity contribution is 6.10. The number of benzene rings is 1. The van der Waals surface area contributed by atoms with Crippen LogP contribution in [0.3, 0.4) is 0 Å². The molecule has 0 saturated carbocycles. The van der Waals surface area contributed by atoms with Gasteiger partial charge >= 0.3 is 0 Å². The van der Waals surface area contributed by atoms with Crippen LogP contribution >= 0.6 is 0 Å². The smallest absolute Gasteiger partial charge is 0.278 e. The Morgan fingerprint density at radius 1 is 1.39 bits per heavy atom. The number of aryl methyl sites for hydroxylation is 1. The number of rotatable bonds is 2. The fourth-order valence-corrected chi connectivity index (χ4v) is 1.72. The van der Waals surface area contributed by atoms with Crippen LogP contribution in [0.25, 0.3) is 10.9 Å². The van der Waals surface area contributed by atoms with Crippen molar-refractivity contribution >= 4 is 22.6 Å². The molecule has 3 aromatic rings. The van der Waals surface area contributed by atoms with Gasteiger partial charge in [-0.2, -0.15) is 15.0 Å². The van der Waals surface area contributed by atoms with Crippen molar-refractivity contribution in [3.05, 3.63) is 36.2 Å². The third-order valence-corrected chi connectivity index (χ3v) is 2.53. The van der Waals surface area contributed by atoms with E-state index >= 15 is 0 Å². The lowest BCUT2D eigenvalue weighted by atomic mass is 10.2. The number of aromatic amines is 1. The highest BCUT2D eigenvalue weighted by atomic mass is 16.2. The summed E-state index contributed by atoms with van der Waals surface area (Å²) >= 11 is 0. The normalized spacial score (nSPS) is 10.7. The van der Waals surface area contributed by atoms with Crippen molar-refractivity contribution in [3.8, 4) is 0 Å². The van der Waals surface area contributed by atoms with Gasteiger partial charge in [-0.1, -0.05) is 18.2 Å². The maximum absolute atomic E-state index is 12.0. The molecule has 0 fully saturated rings. The van der Waals surface area contributed by atoms with E-state index in [1.807, 2.05) is 24.3 Å². The molecule has 0 radical (unpaired) electrons. The summed E-state index contributed by atoms with van der Waals surface area (Å²) in [5.74, 6) is 0.0857. The third kappa shape index (κ3) is 1.71. The molecule has 0 saturated heterocycles. The number of hydrogen-bond acceptors (Lipinski definition) is 4. The Kier molecular flexibility index (Phi) is 2.30. The molecule has 0 aliphatic carbocycles. The van der Waals surface area contributed by atoms with Gasteiger partial charge in [0.25, 0.3) is 5.91 Å². The van der Waals surface area contributed by atoms with E-state index in [4.69, 9.17) is 0 Å². The summed E-state index contributed by atoms with van der Waals surface area (Å²) in [6.45, 7) is 0. The van der Waals surface area contributed by atoms with Crippen molar-refractivity contribution in [1.82, 2.24) is 25.2 Å². The van der Waals surface area contributed by atoms with E-state index < -0.39 is 0 Å². The van der Waals surface area contributed by atoms with Crippen LogP contribution < -0.4 is 5.32 Å². The summed E-state index contributed by atoms with van der Waals surface area (Å²) in [7, 11) is 1.68. The van der Waals surface area contributed by atoms with Crippen LogP contribution in [0.15, 0.2) is 30.5 Å². The number of carbonyl (C=O) groups is 1. The van der Waals surface area contributed by atoms with Gasteiger partial charge in [0.15, 0.2) is 11.5 Å². The molecule has 0 spiro atoms. The molecule has 2 aromatic heterocycles. The molecule has 7 heteroatoms. The molecule has 0 atom stereocenters. The van der Waals surface area contributed by atoms with Gasteiger partial charge in [0.1, 0.15) is 0 Å². The molecule has 0 bridgehead atoms. The predicted molar refractivity (Wildman–Crippen MR) is 65.0 cm³/mol. The van der Waals surface area contributed by atoms with Gasteiger partial charge in [0.05, 0.1) is 11.7 Å². The highest BCUT2D eigenvalue weighted by Crippen LogP contribution is 2.15. The predicted octanol–water partition coefficient (Wildman–Crippen LogP) is 0.944. The van der Waals surface area contributed by atoms with Crippen molar-refractivity contribution in [3.63, 3.8) is 0 Å². The zero-order chi connectivity index (χ0) is 12.5. The van der Waals surface area contributed by atoms with Gasteiger partial charge in [0.2, 0.25) is 0 Å². The van der Waals surface area contributed by atoms with E-state index in [9.17, 15) is 4.79 Å². The molecule has 0 unspecified atom stereocenters. The Morgan fingerprint density at radius 3 is 3.00 bits per heavy atom. The lowest BCUT2D eigenvalue weighted by Gasteiger charge is -1.97. The quantitative estimate of drug-likeness (QED) is 0.700. The standard InChI is InChI=1S/C11H10N6O/c1-17-12-6-9(16-17)13-11(18)10-7-4-2-3-5-8(7)14-15-10/h2-6H,1H3,(H,14,15)(H,13,16,18). The first-order valence-corrected chi connectivity index (χ1v) is 5.35. The van der Waals surface area contributed by atoms with Gasteiger partial charge in [-0.25, -0.2) is 0 Å². The number of nitrogens with one attached hydrogen (secondary N) is 2. The number of fused-ring (bicyclic) bond motifs is 1. The van der Waals surface area contributed by atoms with Gasteiger partial charge in [-0.3, -0.25) is 9.89 Å². The maximum atomic E-state index is 12.0. The van der Waals surface area contributed by atoms with Crippen LogP contribution in [-0.4, -0.2) is 31.1 Å². The summed E-state index contributed by atoms with van der Waals surface area (Å²) in [4.78, 5) is 13.4. The van der Waals surface area contributed by atoms with Crippen LogP contribution in [-0.2, 0) is 7.05 Å². The lowest BCUT2D eigenvalue weighted by Crippen LogP contribution is -2.13. The van der Waals surface area contributed by atoms with E-state index in [0.29, 0.717) is 11.5 Å². The number of aromatic nitrogens is 5. The fourth-order valence-electron chi connectivity index (χ4n) is 1.72. The monoisotopic (exact) mass is 242 g/mol. The Hall–Kier alpha value is -2.70. The second-order valence-corrected chi connectivity index (χ2v) is 3.79. The van der Waals surface area contributed by atoms with Crippen molar-refractivity contribution < 1.29 is 4.79 Å². The fraction of sp³-hybridized carbons (Fsp3) is 0.0909. The van der Waals surface area contributed by atoms with Crippen LogP contribution in [0.2, 0.25) is 0 Å². The molecule has 1 amide bonds. The number of H-pyrrole nitrogens is 1. The highest BCUT2D eigenvalue weighted by Gasteiger charge is 2.14. The van der Waals surface area contributed by atoms with Gasteiger partial charge < -0.3 is 5.32 Å². The minimum Gasteiger partial charge on any atom is -0.302 e. The summed E-state index contributed by atoms with van der Waals surface area (Å²) in [6.07, 6.45) is 1.48. The third-order valence-electron chi connectivity index (χ3n) is 2.53. The molecule has 2 heterocycles. The SMILES string of the molecule is Cn1ncc(NC(=O)c2n[nH]c3ccccc23)n1. The number of para-hydroxylation sites is 1. The summed E-state index contributed by atoms with van der Waals surface area (Å²) in [5.41, 5.74) is 1.16. The molecule has 0 aliphatic rings. The first-order valence-electron chi connectivity index (χ1n) is 5.35. The number of amides is 1. The Labute approximate surface area is 102 Å². The Morgan fingerprint density at radius 2 is 2.22 bits per heavy atom. The zero-order valence-electron chi connectivity index (χ0n) is 9.58. The topological polar surface area (TPSA) is 88.5 Å². The molecular formula is C11H10N6O. The average molecular weight is 242 g/mol. The minimum atomic E-state index is -0.312. The summed E-state index contributed by atoms with van der Waals surface area (Å²) < 4.78 is 0. The van der Waals surface area contributed by atoms with Crippen LogP contribution in [0.4, 0.5) is 5.82 Å². The molecule has 3 rings (SSSR count). The molecule has 90 valence electrons. The summed E-state index contributed by atoms with van der Waals surface area (Å²) in [5, 5.41) is 18.1. The van der Waals surface area contributed by atoms with Crippen LogP contribution in [0.1, 0.15) is 10.5 Å². The van der Waals surface area contributed by atoms with Crippen LogP contribution in [0, 0.1) is 0 Å². The van der Waals surface area contributed by atoms with Gasteiger partial charge in [0, 0.05) is 12.4 Å². The minimum absolute atomic E-state index is 0.312. The average Bonchev–Trinajstić information content (AvgIpc) is 2.95. The molecule has 7 nitrogen and oxygen atoms in total. The van der Waals surface area contributed by atoms with E-state index in [2.05, 4.69) is 25.7 Å². The zero-order valence-corrected chi connectivity index (χ0v) is 9.58. The van der Waals surface area contributed by atoms with Gasteiger partial charge in [-0.05, 0) is 6.07 Å². The molecular weight excluding hydrogens is 232 g/mol. The molecule has 0 aliphatic heterocycles. The number of hydrogen-bond donors (Lipinski definition) is 2. The Bertz CT molecular complexity index is 713. The van der Waals surface area contributed by atoms with Crippen molar-refractivity contribution in [2.45, 2.75) is 0 Å². The Balaban J connectivity index is 1.92. The molecule has 18 heavy (non-hydrogen) atoms. The first-order chi connectivity index (χ1) is 8.74. The van der Waals surface area contributed by atoms with Crippen molar-refractivity contribution in [1.29, 1.82) is 0 Å². The van der Waals surface area contributed by atoms with E-state index in [1.54, 1.807) is 7.05 Å². The van der Waals surface area contributed by atoms with E-state index in [-0.39, 0.29) is 5.91 Å². The van der Waals surface area contributed by atoms with E-state index in [0.717, 1.165) is 10.9 Å². The number of nitrogens with zero attached hydrogens (tertiary/aromatic N) is 4. The summed E-state index contributed by atoms with van der Waals surface area (Å²) in [6, 6.07) is 7.44. The maximum Gasteiger partial charge on any atom is 0.278 e. The van der Waals surface area contributed by atoms with E-state index in [1.165, 1.54) is 11.0 Å². The molecule has 1 aromatic carbocycles. The van der Waals surface area contributed by atoms with Gasteiger partial charge in [-0.15, -0.1) is 5.10 Å². The lowest BCUT2D eigenvalue weighted by molar-refractivity contribution is 0.102. The largest absolute Gasteiger partial charge is 0.302 e. The molecule has 2 N–H and O–H groups in total. The number of anilines is 1. The first kappa shape index (κ1) is 10.5. The number of carbonyl (C=O) groups excluding carboxylic acids is 1. The van der Waals surface area contributed by atoms with Crippen LogP contribution in [0.5, 0.6) is 0 Å². The second-order valence-electron chi connectivity index (χ2n) is 3.79. The van der Waals surface area contributed by atoms with Crippen molar-refractivity contribution in [2.24, 2.45) is 7.05 Å². The second kappa shape index (κ2) is 3.95.